The monoisotopic (exact) mass is 204 g/mol. The molecule has 5 heteroatoms. The van der Waals surface area contributed by atoms with Gasteiger partial charge in [0, 0.05) is 26.4 Å². The van der Waals surface area contributed by atoms with Crippen LogP contribution in [0.1, 0.15) is 19.3 Å². The smallest absolute Gasteiger partial charge is 0.0833 e. The Morgan fingerprint density at radius 3 is 2.07 bits per heavy atom. The van der Waals surface area contributed by atoms with Crippen LogP contribution in [0.3, 0.4) is 0 Å². The Hall–Kier alpha value is -0.520. The fourth-order valence-corrected chi connectivity index (χ4v) is 0.884. The molecule has 5 nitrogen and oxygen atoms in total. The van der Waals surface area contributed by atoms with E-state index in [1.165, 1.54) is 0 Å². The summed E-state index contributed by atoms with van der Waals surface area (Å²) in [5, 5.41) is 2.74. The van der Waals surface area contributed by atoms with E-state index in [-0.39, 0.29) is 0 Å². The minimum absolute atomic E-state index is 0.340. The summed E-state index contributed by atoms with van der Waals surface area (Å²) in [5.41, 5.74) is 5.30. The van der Waals surface area contributed by atoms with E-state index in [2.05, 4.69) is 5.18 Å². The lowest BCUT2D eigenvalue weighted by molar-refractivity contribution is 0.0821. The summed E-state index contributed by atoms with van der Waals surface area (Å²) >= 11 is 0. The van der Waals surface area contributed by atoms with Crippen LogP contribution in [0.5, 0.6) is 0 Å². The second-order valence-corrected chi connectivity index (χ2v) is 2.93. The average molecular weight is 204 g/mol. The predicted octanol–water partition coefficient (Wildman–Crippen LogP) is 0.915. The molecule has 0 bridgehead atoms. The van der Waals surface area contributed by atoms with E-state index in [1.807, 2.05) is 0 Å². The number of nitrogens with two attached hydrogens (primary N) is 1. The highest BCUT2D eigenvalue weighted by molar-refractivity contribution is 4.42. The van der Waals surface area contributed by atoms with E-state index in [1.54, 1.807) is 0 Å². The molecule has 0 atom stereocenters. The SMILES string of the molecule is NCCCOCCCOCCCN=O. The quantitative estimate of drug-likeness (QED) is 0.401. The molecule has 0 saturated heterocycles. The predicted molar refractivity (Wildman–Crippen MR) is 55.2 cm³/mol. The lowest BCUT2D eigenvalue weighted by atomic mass is 10.4. The van der Waals surface area contributed by atoms with Crippen LogP contribution < -0.4 is 5.73 Å². The third kappa shape index (κ3) is 11.5. The summed E-state index contributed by atoms with van der Waals surface area (Å²) < 4.78 is 10.5. The van der Waals surface area contributed by atoms with Crippen LogP contribution in [0.25, 0.3) is 0 Å². The zero-order valence-corrected chi connectivity index (χ0v) is 8.61. The summed E-state index contributed by atoms with van der Waals surface area (Å²) in [4.78, 5) is 9.70. The highest BCUT2D eigenvalue weighted by atomic mass is 16.5. The number of hydrogen-bond acceptors (Lipinski definition) is 5. The van der Waals surface area contributed by atoms with Gasteiger partial charge in [-0.25, -0.2) is 0 Å². The Bertz CT molecular complexity index is 123. The van der Waals surface area contributed by atoms with Gasteiger partial charge in [0.1, 0.15) is 0 Å². The maximum atomic E-state index is 9.70. The Morgan fingerprint density at radius 2 is 1.50 bits per heavy atom. The normalized spacial score (nSPS) is 10.4. The zero-order valence-electron chi connectivity index (χ0n) is 8.61. The van der Waals surface area contributed by atoms with Crippen LogP contribution in [0.4, 0.5) is 0 Å². The second-order valence-electron chi connectivity index (χ2n) is 2.93. The molecule has 0 unspecified atom stereocenters. The van der Waals surface area contributed by atoms with E-state index in [4.69, 9.17) is 15.2 Å². The zero-order chi connectivity index (χ0) is 10.5. The fourth-order valence-electron chi connectivity index (χ4n) is 0.884. The Morgan fingerprint density at radius 1 is 0.929 bits per heavy atom. The summed E-state index contributed by atoms with van der Waals surface area (Å²) in [6.45, 7) is 3.75. The first-order valence-electron chi connectivity index (χ1n) is 5.06. The number of nitroso groups, excluding NO2 is 1. The van der Waals surface area contributed by atoms with E-state index < -0.39 is 0 Å². The number of nitrogens with zero attached hydrogens (tertiary/aromatic N) is 1. The van der Waals surface area contributed by atoms with Crippen molar-refractivity contribution in [1.82, 2.24) is 0 Å². The molecule has 0 spiro atoms. The molecule has 0 aliphatic heterocycles. The van der Waals surface area contributed by atoms with Gasteiger partial charge in [-0.2, -0.15) is 4.91 Å². The van der Waals surface area contributed by atoms with Crippen molar-refractivity contribution in [2.45, 2.75) is 19.3 Å². The lowest BCUT2D eigenvalue weighted by Crippen LogP contribution is -2.07. The fraction of sp³-hybridized carbons (Fsp3) is 1.00. The maximum absolute atomic E-state index is 9.70. The first-order chi connectivity index (χ1) is 6.91. The van der Waals surface area contributed by atoms with Crippen LogP contribution in [-0.2, 0) is 9.47 Å². The molecule has 0 heterocycles. The van der Waals surface area contributed by atoms with Crippen molar-refractivity contribution < 1.29 is 9.47 Å². The molecular weight excluding hydrogens is 184 g/mol. The first kappa shape index (κ1) is 13.5. The van der Waals surface area contributed by atoms with Crippen molar-refractivity contribution in [3.8, 4) is 0 Å². The van der Waals surface area contributed by atoms with Crippen molar-refractivity contribution in [3.05, 3.63) is 4.91 Å². The van der Waals surface area contributed by atoms with Gasteiger partial charge < -0.3 is 15.2 Å². The van der Waals surface area contributed by atoms with Gasteiger partial charge in [-0.05, 0) is 25.8 Å². The molecule has 0 aliphatic carbocycles. The van der Waals surface area contributed by atoms with Gasteiger partial charge in [0.25, 0.3) is 0 Å². The summed E-state index contributed by atoms with van der Waals surface area (Å²) in [7, 11) is 0. The number of ether oxygens (including phenoxy) is 2. The molecule has 0 aromatic carbocycles. The average Bonchev–Trinajstić information content (AvgIpc) is 2.21. The highest BCUT2D eigenvalue weighted by Gasteiger charge is 1.91. The van der Waals surface area contributed by atoms with E-state index in [0.717, 1.165) is 19.4 Å². The van der Waals surface area contributed by atoms with Crippen LogP contribution in [0, 0.1) is 4.91 Å². The van der Waals surface area contributed by atoms with Crippen LogP contribution in [0.2, 0.25) is 0 Å². The van der Waals surface area contributed by atoms with E-state index >= 15 is 0 Å². The van der Waals surface area contributed by atoms with Crippen molar-refractivity contribution in [1.29, 1.82) is 0 Å². The summed E-state index contributed by atoms with van der Waals surface area (Å²) in [5.74, 6) is 0. The molecule has 14 heavy (non-hydrogen) atoms. The molecular formula is C9H20N2O3. The van der Waals surface area contributed by atoms with Crippen LogP contribution >= 0.6 is 0 Å². The topological polar surface area (TPSA) is 73.9 Å². The third-order valence-electron chi connectivity index (χ3n) is 1.61. The summed E-state index contributed by atoms with van der Waals surface area (Å²) in [6.07, 6.45) is 2.50. The van der Waals surface area contributed by atoms with Crippen molar-refractivity contribution >= 4 is 0 Å². The Labute approximate surface area is 84.9 Å². The molecule has 0 fully saturated rings. The van der Waals surface area contributed by atoms with Crippen molar-refractivity contribution in [2.75, 3.05) is 39.5 Å². The molecule has 0 aromatic rings. The van der Waals surface area contributed by atoms with E-state index in [0.29, 0.717) is 39.3 Å². The molecule has 0 amide bonds. The van der Waals surface area contributed by atoms with Gasteiger partial charge >= 0.3 is 0 Å². The van der Waals surface area contributed by atoms with Gasteiger partial charge in [-0.3, -0.25) is 0 Å². The van der Waals surface area contributed by atoms with Crippen LogP contribution in [-0.4, -0.2) is 39.5 Å². The van der Waals surface area contributed by atoms with Gasteiger partial charge in [-0.15, -0.1) is 0 Å². The lowest BCUT2D eigenvalue weighted by Gasteiger charge is -2.03. The van der Waals surface area contributed by atoms with Crippen LogP contribution in [0.15, 0.2) is 5.18 Å². The number of hydrogen-bond donors (Lipinski definition) is 1. The molecule has 0 aromatic heterocycles. The largest absolute Gasteiger partial charge is 0.381 e. The van der Waals surface area contributed by atoms with Crippen molar-refractivity contribution in [3.63, 3.8) is 0 Å². The molecule has 2 N–H and O–H groups in total. The Kier molecular flexibility index (Phi) is 12.0. The number of rotatable bonds is 11. The molecule has 0 aliphatic rings. The minimum Gasteiger partial charge on any atom is -0.381 e. The molecule has 0 saturated carbocycles. The third-order valence-corrected chi connectivity index (χ3v) is 1.61. The van der Waals surface area contributed by atoms with Gasteiger partial charge in [-0.1, -0.05) is 5.18 Å². The van der Waals surface area contributed by atoms with Gasteiger partial charge in [0.05, 0.1) is 6.54 Å². The minimum atomic E-state index is 0.340. The molecule has 0 rings (SSSR count). The van der Waals surface area contributed by atoms with Gasteiger partial charge in [0.15, 0.2) is 0 Å². The Balaban J connectivity index is 2.81. The van der Waals surface area contributed by atoms with Gasteiger partial charge in [0.2, 0.25) is 0 Å². The van der Waals surface area contributed by atoms with Crippen molar-refractivity contribution in [2.24, 2.45) is 10.9 Å². The second kappa shape index (κ2) is 12.5. The maximum Gasteiger partial charge on any atom is 0.0833 e. The standard InChI is InChI=1S/C9H20N2O3/c10-4-1-6-13-8-3-9-14-7-2-5-11-12/h1-10H2. The first-order valence-corrected chi connectivity index (χ1v) is 5.06. The van der Waals surface area contributed by atoms with E-state index in [9.17, 15) is 4.91 Å². The summed E-state index contributed by atoms with van der Waals surface area (Å²) in [6, 6.07) is 0. The molecule has 0 radical (unpaired) electrons. The molecule has 84 valence electrons. The highest BCUT2D eigenvalue weighted by Crippen LogP contribution is 1.89.